The molecule has 0 unspecified atom stereocenters. The predicted molar refractivity (Wildman–Crippen MR) is 119 cm³/mol. The minimum absolute atomic E-state index is 0.213. The van der Waals surface area contributed by atoms with Crippen molar-refractivity contribution in [1.29, 1.82) is 0 Å². The van der Waals surface area contributed by atoms with E-state index in [1.807, 2.05) is 12.1 Å². The number of furan rings is 1. The third-order valence-electron chi connectivity index (χ3n) is 5.28. The molecule has 0 radical (unpaired) electrons. The van der Waals surface area contributed by atoms with Gasteiger partial charge in [-0.15, -0.1) is 0 Å². The maximum Gasteiger partial charge on any atom is 0.291 e. The van der Waals surface area contributed by atoms with Crippen molar-refractivity contribution in [3.63, 3.8) is 0 Å². The number of benzene rings is 2. The molecule has 4 rings (SSSR count). The first-order valence-corrected chi connectivity index (χ1v) is 10.5. The molecule has 1 aromatic heterocycles. The fraction of sp³-hybridized carbons (Fsp3) is 0.261. The molecule has 2 aromatic carbocycles. The number of halogens is 2. The molecular formula is C23H22Cl2N2O2. The number of nitrogens with zero attached hydrogens (tertiary/aromatic N) is 1. The minimum atomic E-state index is -0.312. The van der Waals surface area contributed by atoms with Gasteiger partial charge in [0.2, 0.25) is 0 Å². The Morgan fingerprint density at radius 2 is 1.86 bits per heavy atom. The van der Waals surface area contributed by atoms with Gasteiger partial charge in [-0.25, -0.2) is 0 Å². The normalized spacial score (nSPS) is 16.7. The number of piperidine rings is 1. The first kappa shape index (κ1) is 19.9. The molecule has 1 N–H and O–H groups in total. The number of hydrogen-bond acceptors (Lipinski definition) is 3. The average molecular weight is 429 g/mol. The van der Waals surface area contributed by atoms with Crippen LogP contribution in [0.1, 0.15) is 36.7 Å². The third kappa shape index (κ3) is 4.44. The highest BCUT2D eigenvalue weighted by Crippen LogP contribution is 2.32. The van der Waals surface area contributed by atoms with Gasteiger partial charge < -0.3 is 14.6 Å². The number of hydrogen-bond donors (Lipinski definition) is 1. The van der Waals surface area contributed by atoms with Crippen LogP contribution in [0.2, 0.25) is 10.0 Å². The Kier molecular flexibility index (Phi) is 5.84. The van der Waals surface area contributed by atoms with Crippen molar-refractivity contribution in [3.05, 3.63) is 70.4 Å². The summed E-state index contributed by atoms with van der Waals surface area (Å²) in [6, 6.07) is 17.0. The Balaban J connectivity index is 1.46. The SMILES string of the molecule is C[C@@H]1CCCCN1c1ccc(NC(=O)c2ccc(-c3cc(Cl)ccc3Cl)o2)cc1. The first-order valence-electron chi connectivity index (χ1n) is 9.74. The van der Waals surface area contributed by atoms with Crippen molar-refractivity contribution in [2.24, 2.45) is 0 Å². The lowest BCUT2D eigenvalue weighted by Gasteiger charge is -2.35. The van der Waals surface area contributed by atoms with Crippen LogP contribution in [0.5, 0.6) is 0 Å². The van der Waals surface area contributed by atoms with Gasteiger partial charge in [0.1, 0.15) is 5.76 Å². The zero-order valence-electron chi connectivity index (χ0n) is 16.1. The van der Waals surface area contributed by atoms with E-state index >= 15 is 0 Å². The van der Waals surface area contributed by atoms with Crippen molar-refractivity contribution in [3.8, 4) is 11.3 Å². The molecule has 1 saturated heterocycles. The summed E-state index contributed by atoms with van der Waals surface area (Å²) in [6.45, 7) is 3.34. The summed E-state index contributed by atoms with van der Waals surface area (Å²) >= 11 is 12.3. The van der Waals surface area contributed by atoms with E-state index < -0.39 is 0 Å². The van der Waals surface area contributed by atoms with Crippen molar-refractivity contribution in [1.82, 2.24) is 0 Å². The maximum atomic E-state index is 12.6. The Bertz CT molecular complexity index is 1010. The maximum absolute atomic E-state index is 12.6. The smallest absolute Gasteiger partial charge is 0.291 e. The van der Waals surface area contributed by atoms with Gasteiger partial charge in [-0.05, 0) is 80.8 Å². The van der Waals surface area contributed by atoms with Gasteiger partial charge in [0.15, 0.2) is 5.76 Å². The minimum Gasteiger partial charge on any atom is -0.451 e. The van der Waals surface area contributed by atoms with E-state index in [9.17, 15) is 4.79 Å². The fourth-order valence-electron chi connectivity index (χ4n) is 3.70. The molecule has 1 amide bonds. The van der Waals surface area contributed by atoms with E-state index in [0.717, 1.165) is 12.2 Å². The summed E-state index contributed by atoms with van der Waals surface area (Å²) in [5, 5.41) is 3.94. The highest BCUT2D eigenvalue weighted by atomic mass is 35.5. The zero-order chi connectivity index (χ0) is 20.4. The van der Waals surface area contributed by atoms with Crippen LogP contribution in [0.3, 0.4) is 0 Å². The molecule has 0 saturated carbocycles. The Labute approximate surface area is 180 Å². The van der Waals surface area contributed by atoms with Crippen LogP contribution in [-0.2, 0) is 0 Å². The van der Waals surface area contributed by atoms with Gasteiger partial charge in [-0.2, -0.15) is 0 Å². The van der Waals surface area contributed by atoms with Gasteiger partial charge >= 0.3 is 0 Å². The monoisotopic (exact) mass is 428 g/mol. The molecule has 0 bridgehead atoms. The van der Waals surface area contributed by atoms with Crippen LogP contribution in [0.15, 0.2) is 59.0 Å². The van der Waals surface area contributed by atoms with Crippen LogP contribution >= 0.6 is 23.2 Å². The van der Waals surface area contributed by atoms with Crippen molar-refractivity contribution >= 4 is 40.5 Å². The standard InChI is InChI=1S/C23H22Cl2N2O2/c1-15-4-2-3-13-27(15)18-8-6-17(7-9-18)26-23(28)22-12-11-21(29-22)19-14-16(24)5-10-20(19)25/h5-12,14-15H,2-4,13H2,1H3,(H,26,28)/t15-/m1/s1. The van der Waals surface area contributed by atoms with E-state index in [-0.39, 0.29) is 11.7 Å². The van der Waals surface area contributed by atoms with Crippen molar-refractivity contribution in [2.75, 3.05) is 16.8 Å². The number of carbonyl (C=O) groups excluding carboxylic acids is 1. The molecule has 1 aliphatic rings. The molecule has 2 heterocycles. The zero-order valence-corrected chi connectivity index (χ0v) is 17.6. The number of rotatable bonds is 4. The predicted octanol–water partition coefficient (Wildman–Crippen LogP) is 6.88. The molecule has 1 atom stereocenters. The number of amides is 1. The van der Waals surface area contributed by atoms with E-state index in [0.29, 0.717) is 27.4 Å². The van der Waals surface area contributed by atoms with Crippen LogP contribution in [0.4, 0.5) is 11.4 Å². The largest absolute Gasteiger partial charge is 0.451 e. The third-order valence-corrected chi connectivity index (χ3v) is 5.85. The molecule has 1 fully saturated rings. The molecule has 29 heavy (non-hydrogen) atoms. The lowest BCUT2D eigenvalue weighted by Crippen LogP contribution is -2.37. The highest BCUT2D eigenvalue weighted by molar-refractivity contribution is 6.35. The lowest BCUT2D eigenvalue weighted by atomic mass is 10.0. The molecule has 3 aromatic rings. The summed E-state index contributed by atoms with van der Waals surface area (Å²) in [5.74, 6) is 0.398. The second kappa shape index (κ2) is 8.52. The van der Waals surface area contributed by atoms with E-state index in [1.54, 1.807) is 30.3 Å². The van der Waals surface area contributed by atoms with E-state index in [2.05, 4.69) is 29.3 Å². The first-order chi connectivity index (χ1) is 14.0. The van der Waals surface area contributed by atoms with Gasteiger partial charge in [-0.1, -0.05) is 23.2 Å². The quantitative estimate of drug-likeness (QED) is 0.492. The summed E-state index contributed by atoms with van der Waals surface area (Å²) in [5.41, 5.74) is 2.56. The Morgan fingerprint density at radius 1 is 1.07 bits per heavy atom. The molecule has 0 aliphatic carbocycles. The topological polar surface area (TPSA) is 45.5 Å². The summed E-state index contributed by atoms with van der Waals surface area (Å²) in [4.78, 5) is 15.0. The van der Waals surface area contributed by atoms with Crippen molar-refractivity contribution in [2.45, 2.75) is 32.2 Å². The summed E-state index contributed by atoms with van der Waals surface area (Å²) < 4.78 is 5.71. The van der Waals surface area contributed by atoms with Gasteiger partial charge in [0.25, 0.3) is 5.91 Å². The Morgan fingerprint density at radius 3 is 2.62 bits per heavy atom. The molecular weight excluding hydrogens is 407 g/mol. The van der Waals surface area contributed by atoms with Crippen LogP contribution < -0.4 is 10.2 Å². The van der Waals surface area contributed by atoms with Crippen LogP contribution in [0.25, 0.3) is 11.3 Å². The molecule has 4 nitrogen and oxygen atoms in total. The van der Waals surface area contributed by atoms with Gasteiger partial charge in [0, 0.05) is 34.5 Å². The summed E-state index contributed by atoms with van der Waals surface area (Å²) in [6.07, 6.45) is 3.73. The van der Waals surface area contributed by atoms with Crippen LogP contribution in [-0.4, -0.2) is 18.5 Å². The molecule has 0 spiro atoms. The second-order valence-corrected chi connectivity index (χ2v) is 8.17. The lowest BCUT2D eigenvalue weighted by molar-refractivity contribution is 0.0997. The number of carbonyl (C=O) groups is 1. The molecule has 6 heteroatoms. The Hall–Kier alpha value is -2.43. The van der Waals surface area contributed by atoms with Gasteiger partial charge in [-0.3, -0.25) is 4.79 Å². The van der Waals surface area contributed by atoms with E-state index in [4.69, 9.17) is 27.6 Å². The second-order valence-electron chi connectivity index (χ2n) is 7.33. The fourth-order valence-corrected chi connectivity index (χ4v) is 4.08. The molecule has 150 valence electrons. The average Bonchev–Trinajstić information content (AvgIpc) is 3.21. The molecule has 1 aliphatic heterocycles. The van der Waals surface area contributed by atoms with Gasteiger partial charge in [0.05, 0.1) is 5.02 Å². The van der Waals surface area contributed by atoms with Crippen molar-refractivity contribution < 1.29 is 9.21 Å². The number of nitrogens with one attached hydrogen (secondary N) is 1. The van der Waals surface area contributed by atoms with E-state index in [1.165, 1.54) is 24.9 Å². The van der Waals surface area contributed by atoms with Crippen LogP contribution in [0, 0.1) is 0 Å². The number of anilines is 2. The highest BCUT2D eigenvalue weighted by Gasteiger charge is 2.19. The summed E-state index contributed by atoms with van der Waals surface area (Å²) in [7, 11) is 0.